The van der Waals surface area contributed by atoms with Crippen LogP contribution in [0.4, 0.5) is 38.2 Å². The molecule has 67 heavy (non-hydrogen) atoms. The summed E-state index contributed by atoms with van der Waals surface area (Å²) in [7, 11) is -4.57. The maximum atomic E-state index is 12.8. The lowest BCUT2D eigenvalue weighted by Gasteiger charge is -2.31. The second-order valence-corrected chi connectivity index (χ2v) is 21.4. The molecule has 2 saturated carbocycles. The molecule has 364 valence electrons. The lowest BCUT2D eigenvalue weighted by Crippen LogP contribution is -2.45. The van der Waals surface area contributed by atoms with E-state index in [4.69, 9.17) is 0 Å². The molecule has 4 aromatic rings. The summed E-state index contributed by atoms with van der Waals surface area (Å²) in [5.74, 6) is -3.03. The van der Waals surface area contributed by atoms with Crippen molar-refractivity contribution < 1.29 is 43.2 Å². The Hall–Kier alpha value is -5.15. The van der Waals surface area contributed by atoms with Gasteiger partial charge in [-0.2, -0.15) is 46.8 Å². The molecule has 27 heteroatoms. The van der Waals surface area contributed by atoms with Gasteiger partial charge in [0.1, 0.15) is 34.6 Å². The zero-order valence-corrected chi connectivity index (χ0v) is 38.2. The summed E-state index contributed by atoms with van der Waals surface area (Å²) in [6.07, 6.45) is 4.14. The summed E-state index contributed by atoms with van der Waals surface area (Å²) in [5.41, 5.74) is 0.655. The molecule has 4 aromatic heterocycles. The summed E-state index contributed by atoms with van der Waals surface area (Å²) in [5, 5.41) is 29.8. The Bertz CT molecular complexity index is 2850. The molecule has 2 saturated heterocycles. The number of nitrogens with zero attached hydrogens (tertiary/aromatic N) is 9. The highest BCUT2D eigenvalue weighted by Crippen LogP contribution is 2.32. The van der Waals surface area contributed by atoms with Gasteiger partial charge < -0.3 is 16.0 Å². The molecule has 0 aromatic carbocycles. The van der Waals surface area contributed by atoms with Crippen molar-refractivity contribution in [3.8, 4) is 12.1 Å². The molecule has 18 nitrogen and oxygen atoms in total. The van der Waals surface area contributed by atoms with Crippen molar-refractivity contribution in [3.05, 3.63) is 56.4 Å². The average Bonchev–Trinajstić information content (AvgIpc) is 3.98. The maximum Gasteiger partial charge on any atom is 0.404 e. The number of alkyl halides is 6. The SMILES string of the molecule is N#Cc1cc2cnc(NC3CCN(S(=O)(=O)CC(F)(F)F)CC3)nc2n(C2CCCC2)c1=O.N#Cc1cc2cnc(NC3CCNCC3)nc2n(C2CCCC2)c1=O.O=S(=O)(Cl)CC(F)(F)F. The van der Waals surface area contributed by atoms with E-state index in [2.05, 4.69) is 46.6 Å². The van der Waals surface area contributed by atoms with E-state index < -0.39 is 42.9 Å². The fourth-order valence-electron chi connectivity index (χ4n) is 8.65. The predicted molar refractivity (Wildman–Crippen MR) is 235 cm³/mol. The first-order chi connectivity index (χ1) is 31.5. The normalized spacial score (nSPS) is 18.4. The molecule has 0 bridgehead atoms. The number of pyridine rings is 2. The van der Waals surface area contributed by atoms with E-state index in [1.54, 1.807) is 21.4 Å². The van der Waals surface area contributed by atoms with Crippen LogP contribution in [0.5, 0.6) is 0 Å². The molecule has 0 radical (unpaired) electrons. The van der Waals surface area contributed by atoms with Crippen molar-refractivity contribution in [2.24, 2.45) is 0 Å². The highest BCUT2D eigenvalue weighted by atomic mass is 35.7. The standard InChI is InChI=1S/C20H23F3N6O3S.C18H22N6O.C2H2ClF3O2S/c21-20(22,23)12-33(31,32)28-7-5-15(6-8-28)26-19-25-11-14-9-13(10-24)18(30)29(17(14)27-19)16-3-1-2-4-16;19-10-12-9-13-11-21-18(22-14-5-7-20-8-6-14)23-16(13)24(17(12)25)15-3-1-2-4-15;3-9(7,8)1-2(4,5)6/h9,11,15-16H,1-8,12H2,(H,25,26,27);9,11,14-15,20H,1-8H2,(H,21,22,23);1H2. The number of halogens is 7. The maximum absolute atomic E-state index is 12.8. The Kier molecular flexibility index (Phi) is 16.4. The minimum absolute atomic E-state index is 0.0335. The molecule has 0 atom stereocenters. The Morgan fingerprint density at radius 3 is 1.43 bits per heavy atom. The molecule has 3 N–H and O–H groups in total. The number of aromatic nitrogens is 6. The zero-order valence-electron chi connectivity index (χ0n) is 35.8. The molecule has 4 fully saturated rings. The Labute approximate surface area is 385 Å². The number of nitrogens with one attached hydrogen (secondary N) is 3. The first kappa shape index (κ1) is 51.2. The molecule has 4 aliphatic rings. The number of sulfonamides is 1. The molecule has 0 spiro atoms. The number of nitriles is 2. The summed E-state index contributed by atoms with van der Waals surface area (Å²) >= 11 is 0. The number of hydrogen-bond donors (Lipinski definition) is 3. The Balaban J connectivity index is 0.000000192. The third-order valence-electron chi connectivity index (χ3n) is 11.7. The molecule has 0 amide bonds. The topological polar surface area (TPSA) is 251 Å². The lowest BCUT2D eigenvalue weighted by molar-refractivity contribution is -0.107. The minimum atomic E-state index is -4.78. The Morgan fingerprint density at radius 1 is 0.672 bits per heavy atom. The second kappa shape index (κ2) is 21.4. The zero-order chi connectivity index (χ0) is 48.7. The van der Waals surface area contributed by atoms with Crippen LogP contribution in [0.2, 0.25) is 0 Å². The molecule has 2 aliphatic heterocycles. The van der Waals surface area contributed by atoms with Crippen LogP contribution in [0.15, 0.2) is 34.1 Å². The average molecular weight is 1010 g/mol. The quantitative estimate of drug-likeness (QED) is 0.136. The molecule has 2 aliphatic carbocycles. The second-order valence-electron chi connectivity index (χ2n) is 16.7. The van der Waals surface area contributed by atoms with Crippen LogP contribution in [0, 0.1) is 22.7 Å². The van der Waals surface area contributed by atoms with Crippen molar-refractivity contribution in [3.63, 3.8) is 0 Å². The van der Waals surface area contributed by atoms with Crippen LogP contribution in [-0.4, -0.2) is 112 Å². The van der Waals surface area contributed by atoms with E-state index in [-0.39, 0.29) is 59.4 Å². The van der Waals surface area contributed by atoms with Crippen LogP contribution < -0.4 is 27.1 Å². The molecular formula is C40H47ClF6N12O6S2. The van der Waals surface area contributed by atoms with E-state index in [1.165, 1.54) is 12.3 Å². The third-order valence-corrected chi connectivity index (χ3v) is 14.5. The van der Waals surface area contributed by atoms with Crippen LogP contribution in [0.1, 0.15) is 100 Å². The van der Waals surface area contributed by atoms with Gasteiger partial charge in [0, 0.05) is 71.1 Å². The van der Waals surface area contributed by atoms with Gasteiger partial charge in [-0.1, -0.05) is 25.7 Å². The van der Waals surface area contributed by atoms with Gasteiger partial charge in [-0.05, 0) is 76.6 Å². The molecule has 6 heterocycles. The van der Waals surface area contributed by atoms with Crippen molar-refractivity contribution in [1.29, 1.82) is 10.5 Å². The first-order valence-electron chi connectivity index (χ1n) is 21.5. The van der Waals surface area contributed by atoms with Crippen molar-refractivity contribution in [1.82, 2.24) is 38.7 Å². The van der Waals surface area contributed by atoms with Gasteiger partial charge in [0.25, 0.3) is 11.1 Å². The fraction of sp³-hybridized carbons (Fsp3) is 0.600. The lowest BCUT2D eigenvalue weighted by atomic mass is 10.1. The number of hydrogen-bond acceptors (Lipinski definition) is 15. The van der Waals surface area contributed by atoms with Crippen LogP contribution in [0.25, 0.3) is 22.1 Å². The molecule has 8 rings (SSSR count). The minimum Gasteiger partial charge on any atom is -0.351 e. The number of anilines is 2. The number of piperidine rings is 2. The monoisotopic (exact) mass is 1000 g/mol. The fourth-order valence-corrected chi connectivity index (χ4v) is 10.8. The summed E-state index contributed by atoms with van der Waals surface area (Å²) < 4.78 is 118. The van der Waals surface area contributed by atoms with Gasteiger partial charge >= 0.3 is 12.4 Å². The predicted octanol–water partition coefficient (Wildman–Crippen LogP) is 5.61. The van der Waals surface area contributed by atoms with E-state index >= 15 is 0 Å². The van der Waals surface area contributed by atoms with Gasteiger partial charge in [0.2, 0.25) is 31.0 Å². The van der Waals surface area contributed by atoms with E-state index in [9.17, 15) is 63.3 Å². The Morgan fingerprint density at radius 2 is 1.07 bits per heavy atom. The first-order valence-corrected chi connectivity index (χ1v) is 25.5. The van der Waals surface area contributed by atoms with Crippen LogP contribution in [-0.2, 0) is 19.1 Å². The van der Waals surface area contributed by atoms with Gasteiger partial charge in [0.15, 0.2) is 11.5 Å². The van der Waals surface area contributed by atoms with Crippen molar-refractivity contribution >= 4 is 63.7 Å². The van der Waals surface area contributed by atoms with E-state index in [1.807, 2.05) is 12.1 Å². The van der Waals surface area contributed by atoms with Crippen LogP contribution in [0.3, 0.4) is 0 Å². The largest absolute Gasteiger partial charge is 0.404 e. The smallest absolute Gasteiger partial charge is 0.351 e. The van der Waals surface area contributed by atoms with Crippen molar-refractivity contribution in [2.75, 3.05) is 48.3 Å². The number of fused-ring (bicyclic) bond motifs is 2. The summed E-state index contributed by atoms with van der Waals surface area (Å²) in [4.78, 5) is 43.4. The summed E-state index contributed by atoms with van der Waals surface area (Å²) in [6, 6.07) is 7.24. The van der Waals surface area contributed by atoms with Gasteiger partial charge in [-0.3, -0.25) is 18.7 Å². The van der Waals surface area contributed by atoms with E-state index in [0.717, 1.165) is 87.0 Å². The van der Waals surface area contributed by atoms with Gasteiger partial charge in [-0.25, -0.2) is 31.1 Å². The highest BCUT2D eigenvalue weighted by molar-refractivity contribution is 8.13. The van der Waals surface area contributed by atoms with Gasteiger partial charge in [-0.15, -0.1) is 0 Å². The molecular weight excluding hydrogens is 958 g/mol. The van der Waals surface area contributed by atoms with Crippen LogP contribution >= 0.6 is 10.7 Å². The third kappa shape index (κ3) is 14.0. The number of rotatable bonds is 9. The summed E-state index contributed by atoms with van der Waals surface area (Å²) in [6.45, 7) is 1.90. The van der Waals surface area contributed by atoms with Gasteiger partial charge in [0.05, 0.1) is 0 Å². The van der Waals surface area contributed by atoms with Crippen molar-refractivity contribution in [2.45, 2.75) is 114 Å². The highest BCUT2D eigenvalue weighted by Gasteiger charge is 2.40. The molecule has 0 unspecified atom stereocenters. The van der Waals surface area contributed by atoms with E-state index in [0.29, 0.717) is 41.5 Å².